The molecule has 0 unspecified atom stereocenters. The van der Waals surface area contributed by atoms with E-state index in [0.717, 1.165) is 0 Å². The number of hydrogen-bond donors (Lipinski definition) is 2. The number of aliphatic carboxylic acids is 1. The average Bonchev–Trinajstić information content (AvgIpc) is 3.12. The molecule has 5 heteroatoms. The average molecular weight is 265 g/mol. The van der Waals surface area contributed by atoms with Gasteiger partial charge in [0.05, 0.1) is 17.9 Å². The largest absolute Gasteiger partial charge is 0.481 e. The summed E-state index contributed by atoms with van der Waals surface area (Å²) in [6.45, 7) is 3.42. The van der Waals surface area contributed by atoms with Gasteiger partial charge in [-0.25, -0.2) is 4.39 Å². The molecule has 2 N–H and O–H groups in total. The van der Waals surface area contributed by atoms with E-state index in [2.05, 4.69) is 5.32 Å². The lowest BCUT2D eigenvalue weighted by Gasteiger charge is -2.14. The Hall–Kier alpha value is -1.91. The zero-order valence-electron chi connectivity index (χ0n) is 10.8. The Kier molecular flexibility index (Phi) is 3.55. The van der Waals surface area contributed by atoms with E-state index in [9.17, 15) is 14.0 Å². The number of carboxylic acid groups (broad SMARTS) is 1. The quantitative estimate of drug-likeness (QED) is 0.875. The summed E-state index contributed by atoms with van der Waals surface area (Å²) in [7, 11) is 0. The SMILES string of the molecule is Cc1ccc([C@H](C)NC(=O)[C@@H]2C[C@@H]2C(=O)O)cc1F. The third kappa shape index (κ3) is 2.92. The Morgan fingerprint density at radius 3 is 2.63 bits per heavy atom. The van der Waals surface area contributed by atoms with Crippen LogP contribution in [0.5, 0.6) is 0 Å². The van der Waals surface area contributed by atoms with Crippen molar-refractivity contribution in [1.82, 2.24) is 5.32 Å². The summed E-state index contributed by atoms with van der Waals surface area (Å²) in [6, 6.07) is 4.47. The number of carbonyl (C=O) groups is 2. The van der Waals surface area contributed by atoms with Crippen molar-refractivity contribution in [1.29, 1.82) is 0 Å². The maximum atomic E-state index is 13.4. The highest BCUT2D eigenvalue weighted by molar-refractivity contribution is 5.89. The molecule has 0 bridgehead atoms. The summed E-state index contributed by atoms with van der Waals surface area (Å²) in [5.74, 6) is -2.54. The van der Waals surface area contributed by atoms with E-state index >= 15 is 0 Å². The zero-order valence-corrected chi connectivity index (χ0v) is 10.8. The molecule has 1 aliphatic rings. The second-order valence-electron chi connectivity index (χ2n) is 5.03. The molecule has 0 heterocycles. The van der Waals surface area contributed by atoms with Gasteiger partial charge in [-0.05, 0) is 37.5 Å². The molecule has 1 aliphatic carbocycles. The van der Waals surface area contributed by atoms with Gasteiger partial charge in [0, 0.05) is 0 Å². The molecule has 0 aliphatic heterocycles. The molecule has 2 rings (SSSR count). The number of halogens is 1. The Balaban J connectivity index is 1.97. The molecule has 0 saturated heterocycles. The lowest BCUT2D eigenvalue weighted by molar-refractivity contribution is -0.140. The second-order valence-corrected chi connectivity index (χ2v) is 5.03. The third-order valence-corrected chi connectivity index (χ3v) is 3.50. The van der Waals surface area contributed by atoms with Crippen LogP contribution in [0, 0.1) is 24.6 Å². The minimum atomic E-state index is -0.936. The fourth-order valence-corrected chi connectivity index (χ4v) is 2.04. The normalized spacial score (nSPS) is 22.7. The Morgan fingerprint density at radius 2 is 2.11 bits per heavy atom. The number of carboxylic acids is 1. The van der Waals surface area contributed by atoms with Crippen LogP contribution in [0.4, 0.5) is 4.39 Å². The van der Waals surface area contributed by atoms with Crippen LogP contribution < -0.4 is 5.32 Å². The molecule has 3 atom stereocenters. The minimum absolute atomic E-state index is 0.277. The van der Waals surface area contributed by atoms with Crippen LogP contribution >= 0.6 is 0 Å². The van der Waals surface area contributed by atoms with Crippen LogP contribution in [0.3, 0.4) is 0 Å². The second kappa shape index (κ2) is 4.99. The maximum absolute atomic E-state index is 13.4. The van der Waals surface area contributed by atoms with Crippen LogP contribution in [-0.4, -0.2) is 17.0 Å². The predicted molar refractivity (Wildman–Crippen MR) is 66.9 cm³/mol. The molecule has 1 aromatic carbocycles. The number of benzene rings is 1. The van der Waals surface area contributed by atoms with Gasteiger partial charge in [0.15, 0.2) is 0 Å². The van der Waals surface area contributed by atoms with Crippen molar-refractivity contribution in [2.24, 2.45) is 11.8 Å². The smallest absolute Gasteiger partial charge is 0.307 e. The molecule has 1 saturated carbocycles. The van der Waals surface area contributed by atoms with Crippen molar-refractivity contribution in [3.8, 4) is 0 Å². The van der Waals surface area contributed by atoms with Gasteiger partial charge in [-0.3, -0.25) is 9.59 Å². The fraction of sp³-hybridized carbons (Fsp3) is 0.429. The van der Waals surface area contributed by atoms with Crippen LogP contribution in [0.15, 0.2) is 18.2 Å². The van der Waals surface area contributed by atoms with Crippen molar-refractivity contribution in [3.63, 3.8) is 0 Å². The van der Waals surface area contributed by atoms with E-state index in [-0.39, 0.29) is 17.8 Å². The summed E-state index contributed by atoms with van der Waals surface area (Å²) < 4.78 is 13.4. The molecule has 0 spiro atoms. The zero-order chi connectivity index (χ0) is 14.2. The van der Waals surface area contributed by atoms with E-state index in [1.165, 1.54) is 6.07 Å². The first-order valence-electron chi connectivity index (χ1n) is 6.19. The van der Waals surface area contributed by atoms with Crippen molar-refractivity contribution >= 4 is 11.9 Å². The fourth-order valence-electron chi connectivity index (χ4n) is 2.04. The van der Waals surface area contributed by atoms with Crippen molar-refractivity contribution in [2.45, 2.75) is 26.3 Å². The van der Waals surface area contributed by atoms with Crippen LogP contribution in [0.1, 0.15) is 30.5 Å². The number of hydrogen-bond acceptors (Lipinski definition) is 2. The molecule has 0 radical (unpaired) electrons. The minimum Gasteiger partial charge on any atom is -0.481 e. The predicted octanol–water partition coefficient (Wildman–Crippen LogP) is 2.03. The summed E-state index contributed by atoms with van der Waals surface area (Å²) in [4.78, 5) is 22.5. The lowest BCUT2D eigenvalue weighted by Crippen LogP contribution is -2.29. The molecule has 1 aromatic rings. The van der Waals surface area contributed by atoms with E-state index < -0.39 is 17.8 Å². The summed E-state index contributed by atoms with van der Waals surface area (Å²) in [6.07, 6.45) is 0.385. The van der Waals surface area contributed by atoms with Gasteiger partial charge in [-0.15, -0.1) is 0 Å². The van der Waals surface area contributed by atoms with Gasteiger partial charge in [0.25, 0.3) is 0 Å². The first kappa shape index (κ1) is 13.5. The standard InChI is InChI=1S/C14H16FNO3/c1-7-3-4-9(5-12(7)15)8(2)16-13(17)10-6-11(10)14(18)19/h3-5,8,10-11H,6H2,1-2H3,(H,16,17)(H,18,19)/t8-,10+,11-/m0/s1. The van der Waals surface area contributed by atoms with Gasteiger partial charge in [-0.2, -0.15) is 0 Å². The molecular weight excluding hydrogens is 249 g/mol. The molecule has 4 nitrogen and oxygen atoms in total. The Morgan fingerprint density at radius 1 is 1.42 bits per heavy atom. The molecule has 19 heavy (non-hydrogen) atoms. The van der Waals surface area contributed by atoms with Crippen LogP contribution in [0.2, 0.25) is 0 Å². The van der Waals surface area contributed by atoms with E-state index in [4.69, 9.17) is 5.11 Å². The molecular formula is C14H16FNO3. The first-order valence-corrected chi connectivity index (χ1v) is 6.19. The molecule has 102 valence electrons. The summed E-state index contributed by atoms with van der Waals surface area (Å²) in [5, 5.41) is 11.5. The number of rotatable bonds is 4. The van der Waals surface area contributed by atoms with Gasteiger partial charge in [-0.1, -0.05) is 12.1 Å². The van der Waals surface area contributed by atoms with Gasteiger partial charge < -0.3 is 10.4 Å². The van der Waals surface area contributed by atoms with Crippen molar-refractivity contribution < 1.29 is 19.1 Å². The van der Waals surface area contributed by atoms with Crippen LogP contribution in [-0.2, 0) is 9.59 Å². The summed E-state index contributed by atoms with van der Waals surface area (Å²) in [5.41, 5.74) is 1.22. The lowest BCUT2D eigenvalue weighted by atomic mass is 10.1. The van der Waals surface area contributed by atoms with E-state index in [0.29, 0.717) is 17.5 Å². The highest BCUT2D eigenvalue weighted by Gasteiger charge is 2.48. The Labute approximate surface area is 110 Å². The topological polar surface area (TPSA) is 66.4 Å². The number of carbonyl (C=O) groups excluding carboxylic acids is 1. The number of aryl methyl sites for hydroxylation is 1. The Bertz CT molecular complexity index is 529. The highest BCUT2D eigenvalue weighted by Crippen LogP contribution is 2.39. The molecule has 0 aromatic heterocycles. The van der Waals surface area contributed by atoms with Gasteiger partial charge in [0.2, 0.25) is 5.91 Å². The van der Waals surface area contributed by atoms with Crippen LogP contribution in [0.25, 0.3) is 0 Å². The van der Waals surface area contributed by atoms with Crippen molar-refractivity contribution in [2.75, 3.05) is 0 Å². The van der Waals surface area contributed by atoms with Gasteiger partial charge >= 0.3 is 5.97 Å². The first-order chi connectivity index (χ1) is 8.90. The third-order valence-electron chi connectivity index (χ3n) is 3.50. The maximum Gasteiger partial charge on any atom is 0.307 e. The molecule has 1 fully saturated rings. The van der Waals surface area contributed by atoms with Gasteiger partial charge in [0.1, 0.15) is 5.82 Å². The number of amides is 1. The highest BCUT2D eigenvalue weighted by atomic mass is 19.1. The monoisotopic (exact) mass is 265 g/mol. The molecule has 1 amide bonds. The van der Waals surface area contributed by atoms with E-state index in [1.54, 1.807) is 26.0 Å². The van der Waals surface area contributed by atoms with Crippen molar-refractivity contribution in [3.05, 3.63) is 35.1 Å². The summed E-state index contributed by atoms with van der Waals surface area (Å²) >= 11 is 0. The number of nitrogens with one attached hydrogen (secondary N) is 1. The van der Waals surface area contributed by atoms with E-state index in [1.807, 2.05) is 0 Å².